The van der Waals surface area contributed by atoms with E-state index in [9.17, 15) is 9.90 Å². The first kappa shape index (κ1) is 15.5. The van der Waals surface area contributed by atoms with Crippen molar-refractivity contribution < 1.29 is 9.90 Å². The second kappa shape index (κ2) is 7.20. The molecule has 1 heterocycles. The zero-order chi connectivity index (χ0) is 15.2. The first-order chi connectivity index (χ1) is 10.1. The SMILES string of the molecule is Cc1cccnc1CNC(=O)CC(O)c1ccc(Cl)cc1. The maximum atomic E-state index is 11.9. The lowest BCUT2D eigenvalue weighted by atomic mass is 10.1. The zero-order valence-corrected chi connectivity index (χ0v) is 12.5. The molecule has 2 aromatic rings. The van der Waals surface area contributed by atoms with Gasteiger partial charge in [0.05, 0.1) is 24.8 Å². The van der Waals surface area contributed by atoms with Crippen molar-refractivity contribution in [1.82, 2.24) is 10.3 Å². The highest BCUT2D eigenvalue weighted by Gasteiger charge is 2.13. The number of pyridine rings is 1. The van der Waals surface area contributed by atoms with Crippen LogP contribution in [0, 0.1) is 6.92 Å². The molecule has 0 radical (unpaired) electrons. The van der Waals surface area contributed by atoms with E-state index in [4.69, 9.17) is 11.6 Å². The Morgan fingerprint density at radius 1 is 1.33 bits per heavy atom. The molecule has 0 fully saturated rings. The molecule has 2 N–H and O–H groups in total. The van der Waals surface area contributed by atoms with Crippen LogP contribution in [0.25, 0.3) is 0 Å². The van der Waals surface area contributed by atoms with Crippen molar-refractivity contribution in [3.8, 4) is 0 Å². The molecular weight excluding hydrogens is 288 g/mol. The Kier molecular flexibility index (Phi) is 5.31. The first-order valence-corrected chi connectivity index (χ1v) is 7.05. The Bertz CT molecular complexity index is 614. The molecule has 4 nitrogen and oxygen atoms in total. The summed E-state index contributed by atoms with van der Waals surface area (Å²) in [6.07, 6.45) is 0.858. The smallest absolute Gasteiger partial charge is 0.223 e. The monoisotopic (exact) mass is 304 g/mol. The van der Waals surface area contributed by atoms with Gasteiger partial charge < -0.3 is 10.4 Å². The van der Waals surface area contributed by atoms with Crippen molar-refractivity contribution in [2.24, 2.45) is 0 Å². The van der Waals surface area contributed by atoms with Crippen LogP contribution in [0.4, 0.5) is 0 Å². The van der Waals surface area contributed by atoms with Crippen molar-refractivity contribution in [1.29, 1.82) is 0 Å². The summed E-state index contributed by atoms with van der Waals surface area (Å²) in [5.41, 5.74) is 2.52. The van der Waals surface area contributed by atoms with Gasteiger partial charge in [0.25, 0.3) is 0 Å². The number of aliphatic hydroxyl groups excluding tert-OH is 1. The summed E-state index contributed by atoms with van der Waals surface area (Å²) in [6, 6.07) is 10.6. The molecule has 0 saturated carbocycles. The molecule has 1 aromatic carbocycles. The third-order valence-corrected chi connectivity index (χ3v) is 3.46. The van der Waals surface area contributed by atoms with Gasteiger partial charge in [-0.15, -0.1) is 0 Å². The van der Waals surface area contributed by atoms with Crippen molar-refractivity contribution >= 4 is 17.5 Å². The summed E-state index contributed by atoms with van der Waals surface area (Å²) < 4.78 is 0. The molecule has 1 atom stereocenters. The average molecular weight is 305 g/mol. The van der Waals surface area contributed by atoms with Crippen LogP contribution < -0.4 is 5.32 Å². The molecule has 0 saturated heterocycles. The molecule has 1 unspecified atom stereocenters. The Morgan fingerprint density at radius 3 is 2.71 bits per heavy atom. The van der Waals surface area contributed by atoms with Gasteiger partial charge in [0.1, 0.15) is 0 Å². The standard InChI is InChI=1S/C16H17ClN2O2/c1-11-3-2-8-18-14(11)10-19-16(21)9-15(20)12-4-6-13(17)7-5-12/h2-8,15,20H,9-10H2,1H3,(H,19,21). The van der Waals surface area contributed by atoms with Crippen molar-refractivity contribution in [2.75, 3.05) is 0 Å². The largest absolute Gasteiger partial charge is 0.388 e. The molecule has 1 amide bonds. The fourth-order valence-corrected chi connectivity index (χ4v) is 2.06. The summed E-state index contributed by atoms with van der Waals surface area (Å²) in [7, 11) is 0. The second-order valence-corrected chi connectivity index (χ2v) is 5.25. The van der Waals surface area contributed by atoms with Gasteiger partial charge in [-0.1, -0.05) is 29.8 Å². The molecule has 0 aliphatic carbocycles. The third kappa shape index (κ3) is 4.55. The van der Waals surface area contributed by atoms with Crippen LogP contribution in [-0.4, -0.2) is 16.0 Å². The number of carbonyl (C=O) groups excluding carboxylic acids is 1. The highest BCUT2D eigenvalue weighted by atomic mass is 35.5. The molecule has 0 bridgehead atoms. The van der Waals surface area contributed by atoms with Crippen molar-refractivity contribution in [2.45, 2.75) is 26.0 Å². The molecule has 2 rings (SSSR count). The number of amides is 1. The lowest BCUT2D eigenvalue weighted by molar-refractivity contribution is -0.123. The number of hydrogen-bond acceptors (Lipinski definition) is 3. The highest BCUT2D eigenvalue weighted by Crippen LogP contribution is 2.19. The van der Waals surface area contributed by atoms with E-state index < -0.39 is 6.10 Å². The van der Waals surface area contributed by atoms with Gasteiger partial charge in [-0.3, -0.25) is 9.78 Å². The van der Waals surface area contributed by atoms with E-state index in [2.05, 4.69) is 10.3 Å². The summed E-state index contributed by atoms with van der Waals surface area (Å²) in [4.78, 5) is 16.1. The average Bonchev–Trinajstić information content (AvgIpc) is 2.47. The molecule has 0 aliphatic rings. The number of rotatable bonds is 5. The molecule has 0 spiro atoms. The number of benzene rings is 1. The molecule has 5 heteroatoms. The lowest BCUT2D eigenvalue weighted by Gasteiger charge is -2.12. The van der Waals surface area contributed by atoms with Gasteiger partial charge in [0.2, 0.25) is 5.91 Å². The maximum absolute atomic E-state index is 11.9. The Labute approximate surface area is 128 Å². The maximum Gasteiger partial charge on any atom is 0.223 e. The van der Waals surface area contributed by atoms with Gasteiger partial charge in [-0.2, -0.15) is 0 Å². The van der Waals surface area contributed by atoms with Crippen LogP contribution in [-0.2, 0) is 11.3 Å². The molecular formula is C16H17ClN2O2. The van der Waals surface area contributed by atoms with Crippen LogP contribution in [0.2, 0.25) is 5.02 Å². The summed E-state index contributed by atoms with van der Waals surface area (Å²) >= 11 is 5.79. The Morgan fingerprint density at radius 2 is 2.05 bits per heavy atom. The van der Waals surface area contributed by atoms with Crippen LogP contribution in [0.3, 0.4) is 0 Å². The Hall–Kier alpha value is -1.91. The van der Waals surface area contributed by atoms with E-state index in [0.29, 0.717) is 17.1 Å². The van der Waals surface area contributed by atoms with E-state index in [1.54, 1.807) is 30.5 Å². The number of nitrogens with one attached hydrogen (secondary N) is 1. The number of nitrogens with zero attached hydrogens (tertiary/aromatic N) is 1. The third-order valence-electron chi connectivity index (χ3n) is 3.20. The number of hydrogen-bond donors (Lipinski definition) is 2. The first-order valence-electron chi connectivity index (χ1n) is 6.67. The van der Waals surface area contributed by atoms with Gasteiger partial charge in [0.15, 0.2) is 0 Å². The van der Waals surface area contributed by atoms with Crippen LogP contribution in [0.5, 0.6) is 0 Å². The minimum Gasteiger partial charge on any atom is -0.388 e. The fraction of sp³-hybridized carbons (Fsp3) is 0.250. The van der Waals surface area contributed by atoms with E-state index >= 15 is 0 Å². The molecule has 1 aromatic heterocycles. The molecule has 21 heavy (non-hydrogen) atoms. The van der Waals surface area contributed by atoms with Crippen LogP contribution >= 0.6 is 11.6 Å². The minimum absolute atomic E-state index is 0.00745. The van der Waals surface area contributed by atoms with E-state index in [1.807, 2.05) is 19.1 Å². The number of aryl methyl sites for hydroxylation is 1. The molecule has 0 aliphatic heterocycles. The normalized spacial score (nSPS) is 12.0. The number of aliphatic hydroxyl groups is 1. The van der Waals surface area contributed by atoms with Gasteiger partial charge >= 0.3 is 0 Å². The zero-order valence-electron chi connectivity index (χ0n) is 11.7. The van der Waals surface area contributed by atoms with Crippen molar-refractivity contribution in [3.63, 3.8) is 0 Å². The quantitative estimate of drug-likeness (QED) is 0.893. The summed E-state index contributed by atoms with van der Waals surface area (Å²) in [5.74, 6) is -0.220. The number of carbonyl (C=O) groups is 1. The fourth-order valence-electron chi connectivity index (χ4n) is 1.94. The topological polar surface area (TPSA) is 62.2 Å². The van der Waals surface area contributed by atoms with E-state index in [0.717, 1.165) is 11.3 Å². The van der Waals surface area contributed by atoms with Crippen LogP contribution in [0.1, 0.15) is 29.3 Å². The molecule has 110 valence electrons. The highest BCUT2D eigenvalue weighted by molar-refractivity contribution is 6.30. The number of aromatic nitrogens is 1. The predicted octanol–water partition coefficient (Wildman–Crippen LogP) is 2.78. The minimum atomic E-state index is -0.841. The lowest BCUT2D eigenvalue weighted by Crippen LogP contribution is -2.25. The second-order valence-electron chi connectivity index (χ2n) is 4.82. The van der Waals surface area contributed by atoms with Crippen LogP contribution in [0.15, 0.2) is 42.6 Å². The van der Waals surface area contributed by atoms with Gasteiger partial charge in [0, 0.05) is 11.2 Å². The Balaban J connectivity index is 1.87. The van der Waals surface area contributed by atoms with Crippen molar-refractivity contribution in [3.05, 3.63) is 64.4 Å². The van der Waals surface area contributed by atoms with E-state index in [-0.39, 0.29) is 12.3 Å². The van der Waals surface area contributed by atoms with Gasteiger partial charge in [-0.05, 0) is 36.2 Å². The predicted molar refractivity (Wildman–Crippen MR) is 81.8 cm³/mol. The summed E-state index contributed by atoms with van der Waals surface area (Å²) in [5, 5.41) is 13.4. The van der Waals surface area contributed by atoms with E-state index in [1.165, 1.54) is 0 Å². The van der Waals surface area contributed by atoms with Gasteiger partial charge in [-0.25, -0.2) is 0 Å². The number of halogens is 1. The summed E-state index contributed by atoms with van der Waals surface area (Å²) in [6.45, 7) is 2.30.